The third-order valence-corrected chi connectivity index (χ3v) is 5.84. The van der Waals surface area contributed by atoms with Crippen LogP contribution in [0.2, 0.25) is 0 Å². The molecule has 0 aliphatic rings. The van der Waals surface area contributed by atoms with Gasteiger partial charge in [0.1, 0.15) is 0 Å². The molecule has 0 unspecified atom stereocenters. The van der Waals surface area contributed by atoms with Gasteiger partial charge < -0.3 is 0 Å². The number of benzene rings is 3. The van der Waals surface area contributed by atoms with Crippen LogP contribution in [0.15, 0.2) is 89.2 Å². The molecular weight excluding hydrogens is 388 g/mol. The first-order chi connectivity index (χ1) is 15.8. The highest BCUT2D eigenvalue weighted by Crippen LogP contribution is 2.28. The lowest BCUT2D eigenvalue weighted by atomic mass is 9.97. The Morgan fingerprint density at radius 1 is 0.750 bits per heavy atom. The summed E-state index contributed by atoms with van der Waals surface area (Å²) >= 11 is 0. The van der Waals surface area contributed by atoms with Crippen LogP contribution in [0.3, 0.4) is 0 Å². The predicted molar refractivity (Wildman–Crippen MR) is 138 cm³/mol. The van der Waals surface area contributed by atoms with Gasteiger partial charge in [0.15, 0.2) is 0 Å². The van der Waals surface area contributed by atoms with Crippen LogP contribution < -0.4 is 0 Å². The highest BCUT2D eigenvalue weighted by atomic mass is 15.1. The lowest BCUT2D eigenvalue weighted by Gasteiger charge is -2.08. The van der Waals surface area contributed by atoms with Gasteiger partial charge in [0.2, 0.25) is 0 Å². The minimum absolute atomic E-state index is 0.877. The third kappa shape index (κ3) is 7.60. The maximum Gasteiger partial charge on any atom is 0.0863 e. The zero-order valence-electron chi connectivity index (χ0n) is 19.6. The molecule has 0 aliphatic carbocycles. The number of hydrogen-bond donors (Lipinski definition) is 0. The van der Waals surface area contributed by atoms with Gasteiger partial charge >= 0.3 is 0 Å². The molecule has 0 N–H and O–H groups in total. The Morgan fingerprint density at radius 3 is 2.38 bits per heavy atom. The second-order valence-electron chi connectivity index (χ2n) is 8.36. The molecular formula is C30H36N2. The first-order valence-electron chi connectivity index (χ1n) is 12.1. The lowest BCUT2D eigenvalue weighted by Crippen LogP contribution is -1.87. The lowest BCUT2D eigenvalue weighted by molar-refractivity contribution is 0.607. The molecule has 0 heterocycles. The first-order valence-corrected chi connectivity index (χ1v) is 12.1. The van der Waals surface area contributed by atoms with Gasteiger partial charge in [-0.05, 0) is 65.3 Å². The van der Waals surface area contributed by atoms with Crippen molar-refractivity contribution in [2.24, 2.45) is 10.2 Å². The summed E-state index contributed by atoms with van der Waals surface area (Å²) in [6.45, 7) is 4.45. The fourth-order valence-electron chi connectivity index (χ4n) is 4.00. The van der Waals surface area contributed by atoms with Gasteiger partial charge in [0, 0.05) is 0 Å². The van der Waals surface area contributed by atoms with Crippen molar-refractivity contribution < 1.29 is 0 Å². The molecule has 0 radical (unpaired) electrons. The summed E-state index contributed by atoms with van der Waals surface area (Å²) in [5, 5.41) is 8.73. The van der Waals surface area contributed by atoms with Crippen LogP contribution >= 0.6 is 0 Å². The van der Waals surface area contributed by atoms with Gasteiger partial charge in [-0.2, -0.15) is 10.2 Å². The highest BCUT2D eigenvalue weighted by molar-refractivity contribution is 5.70. The molecule has 0 amide bonds. The van der Waals surface area contributed by atoms with Crippen LogP contribution in [0.4, 0.5) is 5.69 Å². The topological polar surface area (TPSA) is 24.7 Å². The Bertz CT molecular complexity index is 1000. The molecule has 0 aromatic heterocycles. The summed E-state index contributed by atoms with van der Waals surface area (Å²) in [6.07, 6.45) is 14.0. The molecule has 0 fully saturated rings. The Kier molecular flexibility index (Phi) is 9.92. The molecule has 3 rings (SSSR count). The van der Waals surface area contributed by atoms with E-state index in [2.05, 4.69) is 84.7 Å². The van der Waals surface area contributed by atoms with Crippen LogP contribution in [-0.4, -0.2) is 0 Å². The van der Waals surface area contributed by atoms with Crippen LogP contribution in [0.25, 0.3) is 17.2 Å². The number of azo groups is 1. The summed E-state index contributed by atoms with van der Waals surface area (Å²) in [5.74, 6) is 0. The number of aryl methyl sites for hydroxylation is 2. The third-order valence-electron chi connectivity index (χ3n) is 5.84. The molecule has 0 saturated heterocycles. The largest absolute Gasteiger partial charge is 0.159 e. The standard InChI is InChI=1S/C30H36N2/c1-3-5-6-7-8-10-14-25-15-13-16-26(23-25)21-22-31-32-29-20-19-27(4-2)30(24-29)28-17-11-9-12-18-28/h9,11-13,15-24H,3-8,10,14H2,1-2H3. The summed E-state index contributed by atoms with van der Waals surface area (Å²) in [7, 11) is 0. The van der Waals surface area contributed by atoms with Gasteiger partial charge in [-0.1, -0.05) is 107 Å². The van der Waals surface area contributed by atoms with E-state index in [1.54, 1.807) is 6.20 Å². The number of rotatable bonds is 12. The Balaban J connectivity index is 1.58. The van der Waals surface area contributed by atoms with Crippen LogP contribution in [0, 0.1) is 0 Å². The van der Waals surface area contributed by atoms with E-state index in [1.807, 2.05) is 18.2 Å². The zero-order valence-corrected chi connectivity index (χ0v) is 19.6. The van der Waals surface area contributed by atoms with Crippen molar-refractivity contribution in [2.75, 3.05) is 0 Å². The maximum absolute atomic E-state index is 4.43. The molecule has 0 spiro atoms. The monoisotopic (exact) mass is 424 g/mol. The van der Waals surface area contributed by atoms with E-state index in [1.165, 1.54) is 66.3 Å². The van der Waals surface area contributed by atoms with Crippen molar-refractivity contribution in [3.8, 4) is 11.1 Å². The van der Waals surface area contributed by atoms with Crippen LogP contribution in [0.5, 0.6) is 0 Å². The predicted octanol–water partition coefficient (Wildman–Crippen LogP) is 9.57. The van der Waals surface area contributed by atoms with Gasteiger partial charge in [-0.15, -0.1) is 0 Å². The Morgan fingerprint density at radius 2 is 1.56 bits per heavy atom. The molecule has 32 heavy (non-hydrogen) atoms. The molecule has 2 heteroatoms. The van der Waals surface area contributed by atoms with Crippen LogP contribution in [-0.2, 0) is 12.8 Å². The average molecular weight is 425 g/mol. The molecule has 0 atom stereocenters. The summed E-state index contributed by atoms with van der Waals surface area (Å²) in [5.41, 5.74) is 7.24. The van der Waals surface area contributed by atoms with Crippen molar-refractivity contribution in [3.63, 3.8) is 0 Å². The van der Waals surface area contributed by atoms with E-state index < -0.39 is 0 Å². The molecule has 0 aliphatic heterocycles. The number of nitrogens with zero attached hydrogens (tertiary/aromatic N) is 2. The maximum atomic E-state index is 4.43. The molecule has 3 aromatic rings. The van der Waals surface area contributed by atoms with E-state index in [-0.39, 0.29) is 0 Å². The molecule has 166 valence electrons. The zero-order chi connectivity index (χ0) is 22.4. The number of hydrogen-bond acceptors (Lipinski definition) is 2. The quantitative estimate of drug-likeness (QED) is 0.204. The smallest absolute Gasteiger partial charge is 0.0863 e. The fourth-order valence-corrected chi connectivity index (χ4v) is 4.00. The van der Waals surface area contributed by atoms with Crippen LogP contribution in [0.1, 0.15) is 69.1 Å². The summed E-state index contributed by atoms with van der Waals surface area (Å²) in [4.78, 5) is 0. The van der Waals surface area contributed by atoms with Gasteiger partial charge in [0.25, 0.3) is 0 Å². The Hall–Kier alpha value is -3.00. The Labute approximate surface area is 194 Å². The van der Waals surface area contributed by atoms with E-state index in [4.69, 9.17) is 0 Å². The highest BCUT2D eigenvalue weighted by Gasteiger charge is 2.04. The van der Waals surface area contributed by atoms with Gasteiger partial charge in [-0.25, -0.2) is 0 Å². The summed E-state index contributed by atoms with van der Waals surface area (Å²) in [6, 6.07) is 25.6. The van der Waals surface area contributed by atoms with Crippen molar-refractivity contribution in [1.29, 1.82) is 0 Å². The summed E-state index contributed by atoms with van der Waals surface area (Å²) < 4.78 is 0. The molecule has 0 bridgehead atoms. The van der Waals surface area contributed by atoms with Crippen molar-refractivity contribution in [1.82, 2.24) is 0 Å². The van der Waals surface area contributed by atoms with E-state index in [0.29, 0.717) is 0 Å². The fraction of sp³-hybridized carbons (Fsp3) is 0.333. The van der Waals surface area contributed by atoms with Crippen molar-refractivity contribution in [3.05, 3.63) is 95.7 Å². The average Bonchev–Trinajstić information content (AvgIpc) is 2.85. The molecule has 0 saturated carbocycles. The second kappa shape index (κ2) is 13.4. The van der Waals surface area contributed by atoms with Gasteiger partial charge in [0.05, 0.1) is 11.9 Å². The minimum Gasteiger partial charge on any atom is -0.159 e. The number of unbranched alkanes of at least 4 members (excludes halogenated alkanes) is 5. The van der Waals surface area contributed by atoms with Crippen molar-refractivity contribution >= 4 is 11.8 Å². The molecule has 2 nitrogen and oxygen atoms in total. The normalized spacial score (nSPS) is 11.6. The van der Waals surface area contributed by atoms with Gasteiger partial charge in [-0.3, -0.25) is 0 Å². The SMILES string of the molecule is CCCCCCCCc1cccc(C=CN=Nc2ccc(CC)c(-c3ccccc3)c2)c1. The second-order valence-corrected chi connectivity index (χ2v) is 8.36. The van der Waals surface area contributed by atoms with E-state index >= 15 is 0 Å². The van der Waals surface area contributed by atoms with Crippen molar-refractivity contribution in [2.45, 2.75) is 65.2 Å². The molecule has 3 aromatic carbocycles. The van der Waals surface area contributed by atoms with E-state index in [0.717, 1.165) is 18.5 Å². The van der Waals surface area contributed by atoms with E-state index in [9.17, 15) is 0 Å². The minimum atomic E-state index is 0.877. The first kappa shape index (κ1) is 23.7.